The first-order valence-corrected chi connectivity index (χ1v) is 11.2. The second kappa shape index (κ2) is 7.12. The number of alkyl halides is 1. The number of hydrogen-bond donors (Lipinski definition) is 0. The Bertz CT molecular complexity index is 582. The van der Waals surface area contributed by atoms with E-state index in [1.807, 2.05) is 11.8 Å². The number of piperazine rings is 1. The van der Waals surface area contributed by atoms with Gasteiger partial charge in [-0.25, -0.2) is 8.42 Å². The first-order chi connectivity index (χ1) is 11.3. The Balaban J connectivity index is 1.90. The number of halogens is 1. The number of rotatable bonds is 2. The lowest BCUT2D eigenvalue weighted by molar-refractivity contribution is -0.139. The Hall–Kier alpha value is -0.330. The van der Waals surface area contributed by atoms with Crippen LogP contribution in [0.2, 0.25) is 0 Å². The van der Waals surface area contributed by atoms with Crippen molar-refractivity contribution in [3.63, 3.8) is 0 Å². The fourth-order valence-electron chi connectivity index (χ4n) is 4.96. The lowest BCUT2D eigenvalue weighted by Crippen LogP contribution is -2.67. The van der Waals surface area contributed by atoms with E-state index in [2.05, 4.69) is 0 Å². The SMILES string of the molecule is CC(=O)N1C2CCCCC2N(S(=O)(=O)C2CCCCC2Cl)C[C@@H]1C. The van der Waals surface area contributed by atoms with Gasteiger partial charge in [-0.3, -0.25) is 4.79 Å². The van der Waals surface area contributed by atoms with Crippen LogP contribution in [0.15, 0.2) is 0 Å². The van der Waals surface area contributed by atoms with Gasteiger partial charge < -0.3 is 4.90 Å². The van der Waals surface area contributed by atoms with E-state index in [0.717, 1.165) is 44.9 Å². The molecule has 1 aliphatic heterocycles. The molecule has 138 valence electrons. The van der Waals surface area contributed by atoms with Crippen LogP contribution in [0.25, 0.3) is 0 Å². The molecule has 2 saturated carbocycles. The second-order valence-corrected chi connectivity index (χ2v) is 10.3. The topological polar surface area (TPSA) is 57.7 Å². The monoisotopic (exact) mass is 376 g/mol. The summed E-state index contributed by atoms with van der Waals surface area (Å²) >= 11 is 6.41. The third-order valence-electron chi connectivity index (χ3n) is 6.04. The lowest BCUT2D eigenvalue weighted by atomic mass is 9.86. The molecule has 0 radical (unpaired) electrons. The number of nitrogens with zero attached hydrogens (tertiary/aromatic N) is 2. The average Bonchev–Trinajstić information content (AvgIpc) is 2.53. The van der Waals surface area contributed by atoms with Crippen molar-refractivity contribution >= 4 is 27.5 Å². The maximum atomic E-state index is 13.4. The number of hydrogen-bond acceptors (Lipinski definition) is 3. The van der Waals surface area contributed by atoms with Gasteiger partial charge in [0.1, 0.15) is 0 Å². The van der Waals surface area contributed by atoms with Crippen molar-refractivity contribution in [2.45, 2.75) is 94.0 Å². The van der Waals surface area contributed by atoms with Gasteiger partial charge in [-0.05, 0) is 32.6 Å². The molecule has 1 saturated heterocycles. The van der Waals surface area contributed by atoms with Crippen molar-refractivity contribution in [1.82, 2.24) is 9.21 Å². The summed E-state index contributed by atoms with van der Waals surface area (Å²) in [5.74, 6) is 0.0596. The molecule has 3 aliphatic rings. The van der Waals surface area contributed by atoms with E-state index in [9.17, 15) is 13.2 Å². The zero-order valence-corrected chi connectivity index (χ0v) is 16.2. The van der Waals surface area contributed by atoms with Crippen LogP contribution in [0, 0.1) is 0 Å². The molecule has 5 atom stereocenters. The second-order valence-electron chi connectivity index (χ2n) is 7.65. The maximum absolute atomic E-state index is 13.4. The van der Waals surface area contributed by atoms with Crippen LogP contribution in [-0.4, -0.2) is 58.8 Å². The maximum Gasteiger partial charge on any atom is 0.220 e. The lowest BCUT2D eigenvalue weighted by Gasteiger charge is -2.52. The van der Waals surface area contributed by atoms with Crippen LogP contribution >= 0.6 is 11.6 Å². The normalized spacial score (nSPS) is 38.6. The summed E-state index contributed by atoms with van der Waals surface area (Å²) in [6.45, 7) is 3.97. The molecule has 0 aromatic rings. The van der Waals surface area contributed by atoms with Crippen molar-refractivity contribution in [3.05, 3.63) is 0 Å². The molecule has 0 spiro atoms. The minimum absolute atomic E-state index is 0.0205. The van der Waals surface area contributed by atoms with Gasteiger partial charge in [0.25, 0.3) is 0 Å². The quantitative estimate of drug-likeness (QED) is 0.696. The van der Waals surface area contributed by atoms with Crippen molar-refractivity contribution in [2.75, 3.05) is 6.54 Å². The number of carbonyl (C=O) groups excluding carboxylic acids is 1. The highest BCUT2D eigenvalue weighted by Gasteiger charge is 2.49. The molecule has 2 aliphatic carbocycles. The van der Waals surface area contributed by atoms with Crippen LogP contribution in [0.1, 0.15) is 65.2 Å². The summed E-state index contributed by atoms with van der Waals surface area (Å²) < 4.78 is 28.5. The highest BCUT2D eigenvalue weighted by atomic mass is 35.5. The molecule has 1 amide bonds. The molecule has 0 N–H and O–H groups in total. The molecule has 0 aromatic carbocycles. The number of amides is 1. The van der Waals surface area contributed by atoms with Crippen LogP contribution in [0.4, 0.5) is 0 Å². The van der Waals surface area contributed by atoms with E-state index in [1.165, 1.54) is 0 Å². The number of sulfonamides is 1. The van der Waals surface area contributed by atoms with Crippen molar-refractivity contribution in [3.8, 4) is 0 Å². The fraction of sp³-hybridized carbons (Fsp3) is 0.941. The standard InChI is InChI=1S/C17H29ClN2O3S/c1-12-11-19(24(22,23)17-10-6-3-7-14(17)18)15-8-4-5-9-16(15)20(12)13(2)21/h12,14-17H,3-11H2,1-2H3/t12-,14?,15?,16?,17?/m0/s1. The van der Waals surface area contributed by atoms with Crippen molar-refractivity contribution in [1.29, 1.82) is 0 Å². The summed E-state index contributed by atoms with van der Waals surface area (Å²) in [7, 11) is -3.42. The minimum atomic E-state index is -3.42. The zero-order chi connectivity index (χ0) is 17.5. The van der Waals surface area contributed by atoms with Crippen molar-refractivity contribution < 1.29 is 13.2 Å². The van der Waals surface area contributed by atoms with E-state index in [4.69, 9.17) is 11.6 Å². The average molecular weight is 377 g/mol. The Morgan fingerprint density at radius 2 is 1.58 bits per heavy atom. The molecule has 4 unspecified atom stereocenters. The number of carbonyl (C=O) groups is 1. The first kappa shape index (κ1) is 18.5. The molecule has 1 heterocycles. The van der Waals surface area contributed by atoms with E-state index < -0.39 is 15.3 Å². The smallest absolute Gasteiger partial charge is 0.220 e. The van der Waals surface area contributed by atoms with Crippen LogP contribution in [0.5, 0.6) is 0 Å². The van der Waals surface area contributed by atoms with Gasteiger partial charge in [-0.1, -0.05) is 25.7 Å². The summed E-state index contributed by atoms with van der Waals surface area (Å²) in [6, 6.07) is -0.129. The van der Waals surface area contributed by atoms with Crippen LogP contribution in [0.3, 0.4) is 0 Å². The third-order valence-corrected chi connectivity index (χ3v) is 9.11. The van der Waals surface area contributed by atoms with E-state index in [1.54, 1.807) is 11.2 Å². The third kappa shape index (κ3) is 3.21. The Kier molecular flexibility index (Phi) is 5.48. The van der Waals surface area contributed by atoms with Gasteiger partial charge in [-0.2, -0.15) is 4.31 Å². The molecular formula is C17H29ClN2O3S. The summed E-state index contributed by atoms with van der Waals surface area (Å²) in [5.41, 5.74) is 0. The van der Waals surface area contributed by atoms with Crippen LogP contribution in [-0.2, 0) is 14.8 Å². The predicted octanol–water partition coefficient (Wildman–Crippen LogP) is 2.73. The van der Waals surface area contributed by atoms with Gasteiger partial charge in [0.15, 0.2) is 0 Å². The van der Waals surface area contributed by atoms with E-state index in [0.29, 0.717) is 13.0 Å². The van der Waals surface area contributed by atoms with Gasteiger partial charge in [-0.15, -0.1) is 11.6 Å². The highest BCUT2D eigenvalue weighted by molar-refractivity contribution is 7.89. The Labute approximate surface area is 150 Å². The number of fused-ring (bicyclic) bond motifs is 1. The predicted molar refractivity (Wildman–Crippen MR) is 95.5 cm³/mol. The minimum Gasteiger partial charge on any atom is -0.334 e. The molecular weight excluding hydrogens is 348 g/mol. The van der Waals surface area contributed by atoms with E-state index in [-0.39, 0.29) is 29.4 Å². The molecule has 3 fully saturated rings. The van der Waals surface area contributed by atoms with Gasteiger partial charge in [0, 0.05) is 31.6 Å². The fourth-order valence-corrected chi connectivity index (χ4v) is 8.00. The van der Waals surface area contributed by atoms with Gasteiger partial charge in [0.2, 0.25) is 15.9 Å². The summed E-state index contributed by atoms with van der Waals surface area (Å²) in [4.78, 5) is 14.0. The molecule has 5 nitrogen and oxygen atoms in total. The van der Waals surface area contributed by atoms with Gasteiger partial charge in [0.05, 0.1) is 10.6 Å². The zero-order valence-electron chi connectivity index (χ0n) is 14.7. The summed E-state index contributed by atoms with van der Waals surface area (Å²) in [5, 5.41) is -0.751. The molecule has 24 heavy (non-hydrogen) atoms. The molecule has 0 aromatic heterocycles. The van der Waals surface area contributed by atoms with Gasteiger partial charge >= 0.3 is 0 Å². The summed E-state index contributed by atoms with van der Waals surface area (Å²) in [6.07, 6.45) is 7.23. The van der Waals surface area contributed by atoms with Crippen molar-refractivity contribution in [2.24, 2.45) is 0 Å². The Morgan fingerprint density at radius 1 is 1.00 bits per heavy atom. The van der Waals surface area contributed by atoms with Crippen LogP contribution < -0.4 is 0 Å². The highest BCUT2D eigenvalue weighted by Crippen LogP contribution is 2.38. The molecule has 3 rings (SSSR count). The molecule has 7 heteroatoms. The van der Waals surface area contributed by atoms with E-state index >= 15 is 0 Å². The molecule has 0 bridgehead atoms. The largest absolute Gasteiger partial charge is 0.334 e. The Morgan fingerprint density at radius 3 is 2.21 bits per heavy atom. The first-order valence-electron chi connectivity index (χ1n) is 9.27.